The van der Waals surface area contributed by atoms with E-state index in [1.807, 2.05) is 82.3 Å². The van der Waals surface area contributed by atoms with Gasteiger partial charge in [-0.2, -0.15) is 0 Å². The van der Waals surface area contributed by atoms with Gasteiger partial charge in [-0.1, -0.05) is 74.5 Å². The number of piperazine rings is 1. The van der Waals surface area contributed by atoms with Crippen LogP contribution in [0.1, 0.15) is 56.8 Å². The van der Waals surface area contributed by atoms with Crippen molar-refractivity contribution in [2.24, 2.45) is 11.8 Å². The molecule has 3 amide bonds. The van der Waals surface area contributed by atoms with E-state index in [9.17, 15) is 14.4 Å². The summed E-state index contributed by atoms with van der Waals surface area (Å²) in [6.07, 6.45) is 1.94. The van der Waals surface area contributed by atoms with Crippen LogP contribution < -0.4 is 10.6 Å². The number of fused-ring (bicyclic) bond motifs is 2. The summed E-state index contributed by atoms with van der Waals surface area (Å²) in [6, 6.07) is 19.7. The van der Waals surface area contributed by atoms with E-state index in [-0.39, 0.29) is 35.6 Å². The molecule has 0 saturated carbocycles. The minimum absolute atomic E-state index is 0.0447. The molecule has 0 bridgehead atoms. The van der Waals surface area contributed by atoms with Gasteiger partial charge >= 0.3 is 0 Å². The van der Waals surface area contributed by atoms with E-state index in [0.717, 1.165) is 23.6 Å². The summed E-state index contributed by atoms with van der Waals surface area (Å²) >= 11 is 0. The van der Waals surface area contributed by atoms with Crippen LogP contribution in [-0.4, -0.2) is 40.7 Å². The minimum Gasteiger partial charge on any atom is -0.352 e. The quantitative estimate of drug-likeness (QED) is 0.488. The number of rotatable bonds is 7. The maximum absolute atomic E-state index is 14.4. The van der Waals surface area contributed by atoms with Crippen LogP contribution in [0.3, 0.4) is 0 Å². The Labute approximate surface area is 224 Å². The molecule has 1 unspecified atom stereocenters. The maximum atomic E-state index is 14.4. The molecule has 0 aromatic heterocycles. The Morgan fingerprint density at radius 2 is 1.55 bits per heavy atom. The summed E-state index contributed by atoms with van der Waals surface area (Å²) in [7, 11) is 0. The average molecular weight is 512 g/mol. The van der Waals surface area contributed by atoms with Gasteiger partial charge in [-0.3, -0.25) is 14.4 Å². The Morgan fingerprint density at radius 1 is 0.921 bits per heavy atom. The summed E-state index contributed by atoms with van der Waals surface area (Å²) in [4.78, 5) is 43.5. The highest BCUT2D eigenvalue weighted by Crippen LogP contribution is 2.36. The number of benzene rings is 3. The summed E-state index contributed by atoms with van der Waals surface area (Å²) in [6.45, 7) is 7.89. The molecule has 6 heteroatoms. The predicted octanol–water partition coefficient (Wildman–Crippen LogP) is 4.56. The van der Waals surface area contributed by atoms with Gasteiger partial charge in [-0.25, -0.2) is 0 Å². The second kappa shape index (κ2) is 10.6. The van der Waals surface area contributed by atoms with Gasteiger partial charge in [0, 0.05) is 6.04 Å². The number of hydrogen-bond acceptors (Lipinski definition) is 3. The van der Waals surface area contributed by atoms with E-state index in [1.54, 1.807) is 4.90 Å². The molecule has 2 N–H and O–H groups in total. The molecule has 1 aliphatic carbocycles. The molecule has 198 valence electrons. The molecular weight excluding hydrogens is 474 g/mol. The molecule has 6 nitrogen and oxygen atoms in total. The summed E-state index contributed by atoms with van der Waals surface area (Å²) in [5.74, 6) is -0.497. The number of nitrogens with one attached hydrogen (secondary N) is 2. The third-order valence-corrected chi connectivity index (χ3v) is 7.75. The predicted molar refractivity (Wildman–Crippen MR) is 149 cm³/mol. The Bertz CT molecular complexity index is 1340. The van der Waals surface area contributed by atoms with E-state index in [0.29, 0.717) is 12.0 Å². The van der Waals surface area contributed by atoms with Crippen molar-refractivity contribution < 1.29 is 14.4 Å². The van der Waals surface area contributed by atoms with E-state index in [2.05, 4.69) is 22.8 Å². The van der Waals surface area contributed by atoms with Gasteiger partial charge in [0.15, 0.2) is 0 Å². The number of nitrogens with zero attached hydrogens (tertiary/aromatic N) is 1. The molecule has 5 rings (SSSR count). The van der Waals surface area contributed by atoms with Gasteiger partial charge in [0.05, 0.1) is 0 Å². The van der Waals surface area contributed by atoms with Crippen LogP contribution >= 0.6 is 0 Å². The van der Waals surface area contributed by atoms with Crippen LogP contribution in [0.25, 0.3) is 10.8 Å². The molecule has 3 aromatic carbocycles. The van der Waals surface area contributed by atoms with Crippen LogP contribution in [0.15, 0.2) is 66.7 Å². The molecule has 3 aromatic rings. The number of carbonyl (C=O) groups is 3. The Kier molecular flexibility index (Phi) is 7.24. The van der Waals surface area contributed by atoms with Crippen molar-refractivity contribution >= 4 is 28.5 Å². The van der Waals surface area contributed by atoms with Crippen LogP contribution in [0.4, 0.5) is 0 Å². The Morgan fingerprint density at radius 3 is 2.18 bits per heavy atom. The molecular formula is C32H37N3O3. The van der Waals surface area contributed by atoms with E-state index in [4.69, 9.17) is 0 Å². The molecule has 1 aliphatic heterocycles. The Balaban J connectivity index is 1.58. The zero-order valence-electron chi connectivity index (χ0n) is 22.6. The van der Waals surface area contributed by atoms with Gasteiger partial charge in [0.2, 0.25) is 17.7 Å². The maximum Gasteiger partial charge on any atom is 0.247 e. The van der Waals surface area contributed by atoms with Crippen molar-refractivity contribution in [1.82, 2.24) is 15.5 Å². The lowest BCUT2D eigenvalue weighted by Gasteiger charge is -2.45. The molecule has 0 spiro atoms. The molecule has 1 fully saturated rings. The van der Waals surface area contributed by atoms with Crippen molar-refractivity contribution in [3.63, 3.8) is 0 Å². The first-order chi connectivity index (χ1) is 18.2. The van der Waals surface area contributed by atoms with Crippen LogP contribution in [-0.2, 0) is 27.2 Å². The van der Waals surface area contributed by atoms with Gasteiger partial charge in [-0.15, -0.1) is 0 Å². The molecule has 0 radical (unpaired) electrons. The fraction of sp³-hybridized carbons (Fsp3) is 0.406. The van der Waals surface area contributed by atoms with Gasteiger partial charge in [0.25, 0.3) is 0 Å². The van der Waals surface area contributed by atoms with Gasteiger partial charge in [0.1, 0.15) is 18.1 Å². The zero-order valence-corrected chi connectivity index (χ0v) is 22.6. The van der Waals surface area contributed by atoms with Gasteiger partial charge < -0.3 is 15.5 Å². The number of hydrogen-bond donors (Lipinski definition) is 2. The summed E-state index contributed by atoms with van der Waals surface area (Å²) in [5, 5.41) is 8.16. The minimum atomic E-state index is -0.907. The fourth-order valence-corrected chi connectivity index (χ4v) is 6.05. The standard InChI is InChI=1S/C32H37N3O3/c1-19(2)15-27-30(36)34-28(26-17-23-11-7-8-12-24(23)18-26)32(38)35(27)29(31(37)33-20(3)4)25-14-13-21-9-5-6-10-22(21)16-25/h5-14,16,19-20,26-29H,15,17-18H2,1-4H3,(H,33,37)(H,34,36)/t27-,28-,29?/m0/s1. The molecule has 1 saturated heterocycles. The first-order valence-corrected chi connectivity index (χ1v) is 13.7. The average Bonchev–Trinajstić information content (AvgIpc) is 3.31. The van der Waals surface area contributed by atoms with E-state index >= 15 is 0 Å². The van der Waals surface area contributed by atoms with Crippen LogP contribution in [0, 0.1) is 11.8 Å². The first kappa shape index (κ1) is 26.0. The van der Waals surface area contributed by atoms with Crippen LogP contribution in [0.5, 0.6) is 0 Å². The number of amides is 3. The third kappa shape index (κ3) is 5.04. The van der Waals surface area contributed by atoms with E-state index in [1.165, 1.54) is 11.1 Å². The fourth-order valence-electron chi connectivity index (χ4n) is 6.05. The summed E-state index contributed by atoms with van der Waals surface area (Å²) in [5.41, 5.74) is 3.16. The highest BCUT2D eigenvalue weighted by Gasteiger charge is 2.49. The van der Waals surface area contributed by atoms with Gasteiger partial charge in [-0.05, 0) is 78.5 Å². The smallest absolute Gasteiger partial charge is 0.247 e. The van der Waals surface area contributed by atoms with Crippen molar-refractivity contribution in [3.05, 3.63) is 83.4 Å². The first-order valence-electron chi connectivity index (χ1n) is 13.7. The zero-order chi connectivity index (χ0) is 27.0. The largest absolute Gasteiger partial charge is 0.352 e. The monoisotopic (exact) mass is 511 g/mol. The SMILES string of the molecule is CC(C)C[C@H]1C(=O)N[C@@H](C2Cc3ccccc3C2)C(=O)N1C(C(=O)NC(C)C)c1ccc2ccccc2c1. The molecule has 3 atom stereocenters. The second-order valence-corrected chi connectivity index (χ2v) is 11.5. The lowest BCUT2D eigenvalue weighted by atomic mass is 9.87. The van der Waals surface area contributed by atoms with Crippen molar-refractivity contribution in [3.8, 4) is 0 Å². The normalized spacial score (nSPS) is 20.6. The summed E-state index contributed by atoms with van der Waals surface area (Å²) < 4.78 is 0. The van der Waals surface area contributed by atoms with E-state index < -0.39 is 18.1 Å². The highest BCUT2D eigenvalue weighted by atomic mass is 16.2. The lowest BCUT2D eigenvalue weighted by Crippen LogP contribution is -2.67. The van der Waals surface area contributed by atoms with Crippen molar-refractivity contribution in [2.75, 3.05) is 0 Å². The molecule has 38 heavy (non-hydrogen) atoms. The lowest BCUT2D eigenvalue weighted by molar-refractivity contribution is -0.158. The number of carbonyl (C=O) groups excluding carboxylic acids is 3. The Hall–Kier alpha value is -3.67. The highest BCUT2D eigenvalue weighted by molar-refractivity contribution is 6.00. The van der Waals surface area contributed by atoms with Crippen LogP contribution in [0.2, 0.25) is 0 Å². The van der Waals surface area contributed by atoms with Crippen molar-refractivity contribution in [1.29, 1.82) is 0 Å². The third-order valence-electron chi connectivity index (χ3n) is 7.75. The molecule has 2 aliphatic rings. The van der Waals surface area contributed by atoms with Crippen molar-refractivity contribution in [2.45, 2.75) is 71.1 Å². The second-order valence-electron chi connectivity index (χ2n) is 11.5. The topological polar surface area (TPSA) is 78.5 Å². The molecule has 1 heterocycles.